The fourth-order valence-corrected chi connectivity index (χ4v) is 2.54. The number of hydrogen-bond donors (Lipinski definition) is 3. The van der Waals surface area contributed by atoms with E-state index in [4.69, 9.17) is 0 Å². The first-order valence-corrected chi connectivity index (χ1v) is 7.83. The zero-order valence-electron chi connectivity index (χ0n) is 11.7. The molecule has 0 heterocycles. The van der Waals surface area contributed by atoms with Crippen molar-refractivity contribution in [3.8, 4) is 0 Å². The van der Waals surface area contributed by atoms with E-state index in [1.54, 1.807) is 11.8 Å². The maximum absolute atomic E-state index is 12.1. The number of para-hydroxylation sites is 1. The van der Waals surface area contributed by atoms with Crippen molar-refractivity contribution >= 4 is 23.5 Å². The molecular weight excluding hydrogens is 284 g/mol. The molecule has 110 valence electrons. The topological polar surface area (TPSA) is 61.4 Å². The number of nitrogens with one attached hydrogen (secondary N) is 2. The fraction of sp³-hybridized carbons (Fsp3) is 0.188. The molecule has 3 N–H and O–H groups in total. The van der Waals surface area contributed by atoms with Crippen LogP contribution in [0.2, 0.25) is 0 Å². The summed E-state index contributed by atoms with van der Waals surface area (Å²) in [6, 6.07) is 16.2. The lowest BCUT2D eigenvalue weighted by atomic mass is 10.1. The highest BCUT2D eigenvalue weighted by atomic mass is 32.2. The fourth-order valence-electron chi connectivity index (χ4n) is 1.98. The van der Waals surface area contributed by atoms with Crippen molar-refractivity contribution < 1.29 is 9.90 Å². The van der Waals surface area contributed by atoms with Crippen LogP contribution in [0, 0.1) is 0 Å². The normalized spacial score (nSPS) is 11.7. The molecule has 0 fully saturated rings. The van der Waals surface area contributed by atoms with Gasteiger partial charge in [0.1, 0.15) is 0 Å². The van der Waals surface area contributed by atoms with Crippen LogP contribution >= 0.6 is 11.8 Å². The van der Waals surface area contributed by atoms with Crippen molar-refractivity contribution in [3.63, 3.8) is 0 Å². The Hall–Kier alpha value is -1.98. The van der Waals surface area contributed by atoms with Crippen molar-refractivity contribution in [1.29, 1.82) is 0 Å². The molecule has 0 saturated heterocycles. The van der Waals surface area contributed by atoms with E-state index in [1.165, 1.54) is 0 Å². The number of aliphatic hydroxyl groups is 1. The number of amides is 2. The molecule has 2 aromatic carbocycles. The summed E-state index contributed by atoms with van der Waals surface area (Å²) in [5.41, 5.74) is 1.63. The van der Waals surface area contributed by atoms with Crippen molar-refractivity contribution in [2.24, 2.45) is 0 Å². The van der Waals surface area contributed by atoms with Gasteiger partial charge in [0.05, 0.1) is 18.3 Å². The van der Waals surface area contributed by atoms with Crippen LogP contribution in [0.15, 0.2) is 59.5 Å². The molecule has 0 aromatic heterocycles. The zero-order valence-corrected chi connectivity index (χ0v) is 12.6. The summed E-state index contributed by atoms with van der Waals surface area (Å²) in [6.45, 7) is -0.151. The Labute approximate surface area is 128 Å². The van der Waals surface area contributed by atoms with Gasteiger partial charge in [0.15, 0.2) is 0 Å². The number of carbonyl (C=O) groups is 1. The molecule has 0 saturated carbocycles. The molecule has 2 aromatic rings. The third kappa shape index (κ3) is 4.24. The summed E-state index contributed by atoms with van der Waals surface area (Å²) < 4.78 is 0. The smallest absolute Gasteiger partial charge is 0.319 e. The monoisotopic (exact) mass is 302 g/mol. The number of carbonyl (C=O) groups excluding carboxylic acids is 1. The summed E-state index contributed by atoms with van der Waals surface area (Å²) in [6.07, 6.45) is 1.96. The van der Waals surface area contributed by atoms with Crippen LogP contribution in [0.5, 0.6) is 0 Å². The van der Waals surface area contributed by atoms with E-state index in [9.17, 15) is 9.90 Å². The molecule has 0 aliphatic carbocycles. The molecule has 0 spiro atoms. The number of aliphatic hydroxyl groups excluding tert-OH is 1. The molecule has 21 heavy (non-hydrogen) atoms. The second-order valence-corrected chi connectivity index (χ2v) is 5.29. The van der Waals surface area contributed by atoms with Crippen LogP contribution in [-0.2, 0) is 0 Å². The van der Waals surface area contributed by atoms with Gasteiger partial charge in [0.2, 0.25) is 0 Å². The first-order valence-electron chi connectivity index (χ1n) is 6.61. The molecule has 0 bridgehead atoms. The summed E-state index contributed by atoms with van der Waals surface area (Å²) in [5.74, 6) is 0. The van der Waals surface area contributed by atoms with Gasteiger partial charge in [-0.1, -0.05) is 42.5 Å². The largest absolute Gasteiger partial charge is 0.394 e. The van der Waals surface area contributed by atoms with E-state index in [0.29, 0.717) is 0 Å². The van der Waals surface area contributed by atoms with E-state index < -0.39 is 6.04 Å². The van der Waals surface area contributed by atoms with Crippen LogP contribution in [0.3, 0.4) is 0 Å². The minimum atomic E-state index is -0.423. The summed E-state index contributed by atoms with van der Waals surface area (Å²) in [7, 11) is 0. The third-order valence-electron chi connectivity index (χ3n) is 3.05. The number of rotatable bonds is 5. The highest BCUT2D eigenvalue weighted by Gasteiger charge is 2.14. The number of benzene rings is 2. The minimum Gasteiger partial charge on any atom is -0.394 e. The van der Waals surface area contributed by atoms with Crippen LogP contribution < -0.4 is 10.6 Å². The highest BCUT2D eigenvalue weighted by molar-refractivity contribution is 7.98. The molecule has 0 aliphatic rings. The molecule has 1 atom stereocenters. The van der Waals surface area contributed by atoms with Crippen LogP contribution in [0.4, 0.5) is 10.5 Å². The molecule has 5 heteroatoms. The Balaban J connectivity index is 2.03. The van der Waals surface area contributed by atoms with Crippen LogP contribution in [0.25, 0.3) is 0 Å². The summed E-state index contributed by atoms with van der Waals surface area (Å²) >= 11 is 1.57. The summed E-state index contributed by atoms with van der Waals surface area (Å²) in [4.78, 5) is 13.1. The Morgan fingerprint density at radius 1 is 1.14 bits per heavy atom. The first-order chi connectivity index (χ1) is 10.2. The zero-order chi connectivity index (χ0) is 15.1. The Bertz CT molecular complexity index is 590. The SMILES string of the molecule is CSc1ccccc1NC(=O)NC(CO)c1ccccc1. The van der Waals surface area contributed by atoms with E-state index in [0.717, 1.165) is 16.1 Å². The van der Waals surface area contributed by atoms with Gasteiger partial charge in [-0.2, -0.15) is 0 Å². The number of hydrogen-bond acceptors (Lipinski definition) is 3. The molecule has 1 unspecified atom stereocenters. The third-order valence-corrected chi connectivity index (χ3v) is 3.84. The predicted octanol–water partition coefficient (Wildman–Crippen LogP) is 3.26. The van der Waals surface area contributed by atoms with Gasteiger partial charge < -0.3 is 15.7 Å². The number of thioether (sulfide) groups is 1. The Morgan fingerprint density at radius 2 is 1.81 bits per heavy atom. The molecule has 4 nitrogen and oxygen atoms in total. The standard InChI is InChI=1S/C16H18N2O2S/c1-21-15-10-6-5-9-13(15)17-16(20)18-14(11-19)12-7-3-2-4-8-12/h2-10,14,19H,11H2,1H3,(H2,17,18,20). The molecule has 2 amide bonds. The lowest BCUT2D eigenvalue weighted by Gasteiger charge is -2.18. The Morgan fingerprint density at radius 3 is 2.48 bits per heavy atom. The lowest BCUT2D eigenvalue weighted by Crippen LogP contribution is -2.34. The first kappa shape index (κ1) is 15.4. The van der Waals surface area contributed by atoms with E-state index in [-0.39, 0.29) is 12.6 Å². The van der Waals surface area contributed by atoms with Crippen LogP contribution in [-0.4, -0.2) is 24.0 Å². The predicted molar refractivity (Wildman–Crippen MR) is 86.6 cm³/mol. The van der Waals surface area contributed by atoms with Gasteiger partial charge in [-0.15, -0.1) is 11.8 Å². The van der Waals surface area contributed by atoms with Gasteiger partial charge in [-0.25, -0.2) is 4.79 Å². The second kappa shape index (κ2) is 7.71. The van der Waals surface area contributed by atoms with E-state index >= 15 is 0 Å². The summed E-state index contributed by atoms with van der Waals surface area (Å²) in [5, 5.41) is 15.0. The molecule has 0 radical (unpaired) electrons. The Kier molecular flexibility index (Phi) is 5.66. The molecular formula is C16H18N2O2S. The quantitative estimate of drug-likeness (QED) is 0.743. The minimum absolute atomic E-state index is 0.151. The molecule has 2 rings (SSSR count). The van der Waals surface area contributed by atoms with Crippen molar-refractivity contribution in [3.05, 3.63) is 60.2 Å². The van der Waals surface area contributed by atoms with Gasteiger partial charge in [-0.05, 0) is 24.0 Å². The van der Waals surface area contributed by atoms with E-state index in [2.05, 4.69) is 10.6 Å². The average Bonchev–Trinajstić information content (AvgIpc) is 2.54. The van der Waals surface area contributed by atoms with Crippen molar-refractivity contribution in [2.75, 3.05) is 18.2 Å². The van der Waals surface area contributed by atoms with Crippen molar-refractivity contribution in [1.82, 2.24) is 5.32 Å². The van der Waals surface area contributed by atoms with Crippen LogP contribution in [0.1, 0.15) is 11.6 Å². The van der Waals surface area contributed by atoms with E-state index in [1.807, 2.05) is 60.9 Å². The highest BCUT2D eigenvalue weighted by Crippen LogP contribution is 2.24. The average molecular weight is 302 g/mol. The second-order valence-electron chi connectivity index (χ2n) is 4.44. The maximum atomic E-state index is 12.1. The maximum Gasteiger partial charge on any atom is 0.319 e. The van der Waals surface area contributed by atoms with Crippen molar-refractivity contribution in [2.45, 2.75) is 10.9 Å². The van der Waals surface area contributed by atoms with Gasteiger partial charge >= 0.3 is 6.03 Å². The lowest BCUT2D eigenvalue weighted by molar-refractivity contribution is 0.225. The van der Waals surface area contributed by atoms with Gasteiger partial charge in [0.25, 0.3) is 0 Å². The molecule has 0 aliphatic heterocycles. The van der Waals surface area contributed by atoms with Gasteiger partial charge in [-0.3, -0.25) is 0 Å². The number of anilines is 1. The van der Waals surface area contributed by atoms with Gasteiger partial charge in [0, 0.05) is 4.90 Å². The number of urea groups is 1.